The lowest BCUT2D eigenvalue weighted by atomic mass is 10.1. The van der Waals surface area contributed by atoms with Gasteiger partial charge in [-0.1, -0.05) is 25.8 Å². The minimum absolute atomic E-state index is 0.280. The van der Waals surface area contributed by atoms with Crippen LogP contribution in [0.15, 0.2) is 0 Å². The third-order valence-electron chi connectivity index (χ3n) is 1.38. The van der Waals surface area contributed by atoms with Crippen molar-refractivity contribution in [1.29, 1.82) is 0 Å². The van der Waals surface area contributed by atoms with Gasteiger partial charge in [0.05, 0.1) is 5.75 Å². The van der Waals surface area contributed by atoms with Crippen LogP contribution in [0.5, 0.6) is 0 Å². The monoisotopic (exact) mass is 205 g/mol. The summed E-state index contributed by atoms with van der Waals surface area (Å²) in [6.07, 6.45) is 1.31. The molecule has 13 heavy (non-hydrogen) atoms. The Hall–Kier alpha value is -0.550. The highest BCUT2D eigenvalue weighted by atomic mass is 32.2. The fourth-order valence-electron chi connectivity index (χ4n) is 0.853. The molecule has 0 amide bonds. The van der Waals surface area contributed by atoms with Crippen molar-refractivity contribution in [3.63, 3.8) is 0 Å². The van der Waals surface area contributed by atoms with Gasteiger partial charge in [0, 0.05) is 0 Å². The zero-order chi connectivity index (χ0) is 10.3. The van der Waals surface area contributed by atoms with E-state index in [4.69, 9.17) is 5.11 Å². The number of carboxylic acids is 1. The summed E-state index contributed by atoms with van der Waals surface area (Å²) in [7, 11) is 0. The summed E-state index contributed by atoms with van der Waals surface area (Å²) in [5.74, 6) is -0.264. The fraction of sp³-hybridized carbons (Fsp3) is 0.750. The number of aliphatic carboxylic acids is 1. The Balaban J connectivity index is 3.80. The number of hydrogen-bond donors (Lipinski definition) is 2. The van der Waals surface area contributed by atoms with Crippen LogP contribution >= 0.6 is 11.9 Å². The molecule has 0 saturated heterocycles. The van der Waals surface area contributed by atoms with Gasteiger partial charge in [-0.25, -0.2) is 4.72 Å². The number of carboxylic acid groups (broad SMARTS) is 1. The minimum atomic E-state index is -0.868. The van der Waals surface area contributed by atoms with E-state index in [1.165, 1.54) is 0 Å². The average molecular weight is 205 g/mol. The van der Waals surface area contributed by atoms with E-state index in [0.717, 1.165) is 18.2 Å². The van der Waals surface area contributed by atoms with Gasteiger partial charge < -0.3 is 9.90 Å². The molecule has 0 fully saturated rings. The van der Waals surface area contributed by atoms with Crippen LogP contribution in [-0.4, -0.2) is 29.2 Å². The van der Waals surface area contributed by atoms with Gasteiger partial charge in [-0.15, -0.1) is 0 Å². The maximum Gasteiger partial charge on any atom is 0.321 e. The molecule has 0 aromatic carbocycles. The number of hydrogen-bond acceptors (Lipinski definition) is 4. The number of carbonyl (C=O) groups excluding carboxylic acids is 1. The summed E-state index contributed by atoms with van der Waals surface area (Å²) in [5, 5.41) is 8.76. The maximum absolute atomic E-state index is 10.7. The van der Waals surface area contributed by atoms with Crippen molar-refractivity contribution in [3.05, 3.63) is 0 Å². The lowest BCUT2D eigenvalue weighted by molar-refractivity contribution is -0.139. The molecule has 2 N–H and O–H groups in total. The van der Waals surface area contributed by atoms with Crippen molar-refractivity contribution in [2.75, 3.05) is 5.75 Å². The first-order chi connectivity index (χ1) is 6.07. The summed E-state index contributed by atoms with van der Waals surface area (Å²) < 4.78 is 2.74. The first kappa shape index (κ1) is 12.4. The summed E-state index contributed by atoms with van der Waals surface area (Å²) in [6.45, 7) is 3.92. The van der Waals surface area contributed by atoms with E-state index in [1.807, 2.05) is 13.8 Å². The molecule has 0 bridgehead atoms. The van der Waals surface area contributed by atoms with Crippen LogP contribution in [-0.2, 0) is 9.59 Å². The summed E-state index contributed by atoms with van der Waals surface area (Å²) >= 11 is 1.13. The van der Waals surface area contributed by atoms with Crippen LogP contribution in [0.4, 0.5) is 0 Å². The first-order valence-electron chi connectivity index (χ1n) is 4.11. The van der Waals surface area contributed by atoms with E-state index in [-0.39, 0.29) is 5.75 Å². The van der Waals surface area contributed by atoms with Gasteiger partial charge in [0.25, 0.3) is 0 Å². The van der Waals surface area contributed by atoms with Gasteiger partial charge in [-0.2, -0.15) is 0 Å². The Bertz CT molecular complexity index is 173. The first-order valence-corrected chi connectivity index (χ1v) is 5.10. The van der Waals surface area contributed by atoms with Gasteiger partial charge in [-0.3, -0.25) is 4.79 Å². The molecule has 0 aliphatic carbocycles. The second-order valence-electron chi connectivity index (χ2n) is 3.12. The van der Waals surface area contributed by atoms with Crippen LogP contribution in [0.25, 0.3) is 0 Å². The van der Waals surface area contributed by atoms with Crippen molar-refractivity contribution in [1.82, 2.24) is 4.72 Å². The quantitative estimate of drug-likeness (QED) is 0.367. The molecule has 0 aromatic rings. The third kappa shape index (κ3) is 6.60. The smallest absolute Gasteiger partial charge is 0.321 e. The Morgan fingerprint density at radius 1 is 1.62 bits per heavy atom. The van der Waals surface area contributed by atoms with E-state index in [1.54, 1.807) is 0 Å². The van der Waals surface area contributed by atoms with E-state index in [9.17, 15) is 9.59 Å². The lowest BCUT2D eigenvalue weighted by Gasteiger charge is -2.14. The molecular weight excluding hydrogens is 190 g/mol. The van der Waals surface area contributed by atoms with Crippen LogP contribution < -0.4 is 4.72 Å². The predicted molar refractivity (Wildman–Crippen MR) is 52.5 cm³/mol. The van der Waals surface area contributed by atoms with Crippen LogP contribution in [0, 0.1) is 5.92 Å². The zero-order valence-electron chi connectivity index (χ0n) is 7.82. The van der Waals surface area contributed by atoms with Gasteiger partial charge >= 0.3 is 5.97 Å². The minimum Gasteiger partial charge on any atom is -0.480 e. The Morgan fingerprint density at radius 3 is 2.62 bits per heavy atom. The normalized spacial score (nSPS) is 12.8. The molecule has 1 unspecified atom stereocenters. The molecule has 0 aliphatic rings. The molecule has 0 aromatic heterocycles. The Kier molecular flexibility index (Phi) is 6.62. The highest BCUT2D eigenvalue weighted by Gasteiger charge is 2.17. The highest BCUT2D eigenvalue weighted by Crippen LogP contribution is 2.07. The van der Waals surface area contributed by atoms with Crippen molar-refractivity contribution >= 4 is 24.2 Å². The molecule has 76 valence electrons. The molecule has 0 radical (unpaired) electrons. The van der Waals surface area contributed by atoms with Crippen LogP contribution in [0.3, 0.4) is 0 Å². The molecule has 1 atom stereocenters. The largest absolute Gasteiger partial charge is 0.480 e. The van der Waals surface area contributed by atoms with Crippen molar-refractivity contribution in [2.45, 2.75) is 26.3 Å². The zero-order valence-corrected chi connectivity index (χ0v) is 8.63. The molecule has 5 heteroatoms. The molecule has 0 aliphatic heterocycles. The highest BCUT2D eigenvalue weighted by molar-refractivity contribution is 7.98. The summed E-state index contributed by atoms with van der Waals surface area (Å²) in [4.78, 5) is 20.6. The van der Waals surface area contributed by atoms with Gasteiger partial charge in [0.1, 0.15) is 12.3 Å². The molecular formula is C8H15NO3S. The lowest BCUT2D eigenvalue weighted by Crippen LogP contribution is -2.33. The molecule has 0 spiro atoms. The van der Waals surface area contributed by atoms with Crippen LogP contribution in [0.2, 0.25) is 0 Å². The maximum atomic E-state index is 10.7. The van der Waals surface area contributed by atoms with Crippen molar-refractivity contribution in [2.24, 2.45) is 5.92 Å². The van der Waals surface area contributed by atoms with Gasteiger partial charge in [0.15, 0.2) is 0 Å². The van der Waals surface area contributed by atoms with Gasteiger partial charge in [-0.05, 0) is 12.3 Å². The Morgan fingerprint density at radius 2 is 2.23 bits per heavy atom. The fourth-order valence-corrected chi connectivity index (χ4v) is 1.42. The second kappa shape index (κ2) is 6.91. The Labute approximate surface area is 82.2 Å². The number of nitrogens with one attached hydrogen (secondary N) is 1. The molecule has 0 saturated carbocycles. The molecule has 0 rings (SSSR count). The average Bonchev–Trinajstić information content (AvgIpc) is 2.02. The van der Waals surface area contributed by atoms with E-state index >= 15 is 0 Å². The second-order valence-corrected chi connectivity index (χ2v) is 3.97. The summed E-state index contributed by atoms with van der Waals surface area (Å²) in [6, 6.07) is -0.565. The van der Waals surface area contributed by atoms with E-state index < -0.39 is 12.0 Å². The van der Waals surface area contributed by atoms with Crippen LogP contribution in [0.1, 0.15) is 20.3 Å². The number of carbonyl (C=O) groups is 2. The SMILES string of the molecule is CC(C)CC(NSCC=O)C(=O)O. The number of aldehydes is 1. The van der Waals surface area contributed by atoms with E-state index in [0.29, 0.717) is 12.3 Å². The van der Waals surface area contributed by atoms with Crippen molar-refractivity contribution < 1.29 is 14.7 Å². The summed E-state index contributed by atoms with van der Waals surface area (Å²) in [5.41, 5.74) is 0. The predicted octanol–water partition coefficient (Wildman–Crippen LogP) is 0.922. The number of rotatable bonds is 7. The van der Waals surface area contributed by atoms with E-state index in [2.05, 4.69) is 4.72 Å². The third-order valence-corrected chi connectivity index (χ3v) is 2.14. The standard InChI is InChI=1S/C8H15NO3S/c1-6(2)5-7(8(11)12)9-13-4-3-10/h3,6-7,9H,4-5H2,1-2H3,(H,11,12). The van der Waals surface area contributed by atoms with Gasteiger partial charge in [0.2, 0.25) is 0 Å². The van der Waals surface area contributed by atoms with Crippen molar-refractivity contribution in [3.8, 4) is 0 Å². The molecule has 0 heterocycles. The molecule has 4 nitrogen and oxygen atoms in total. The topological polar surface area (TPSA) is 66.4 Å².